The molecule has 2 aliphatic rings. The Labute approximate surface area is 158 Å². The number of hydrogen-bond acceptors (Lipinski definition) is 3. The molecule has 2 aliphatic carbocycles. The zero-order chi connectivity index (χ0) is 19.1. The van der Waals surface area contributed by atoms with Gasteiger partial charge in [0.25, 0.3) is 0 Å². The number of nitrogens with one attached hydrogen (secondary N) is 1. The molecule has 1 aromatic heterocycles. The smallest absolute Gasteiger partial charge is 0.213 e. The summed E-state index contributed by atoms with van der Waals surface area (Å²) in [6, 6.07) is 3.13. The van der Waals surface area contributed by atoms with Crippen molar-refractivity contribution in [3.8, 4) is 0 Å². The number of amides is 1. The van der Waals surface area contributed by atoms with Crippen molar-refractivity contribution < 1.29 is 9.18 Å². The molecule has 2 aromatic rings. The third-order valence-corrected chi connectivity index (χ3v) is 5.84. The molecule has 0 bridgehead atoms. The van der Waals surface area contributed by atoms with E-state index in [9.17, 15) is 9.18 Å². The van der Waals surface area contributed by atoms with E-state index in [1.807, 2.05) is 0 Å². The van der Waals surface area contributed by atoms with E-state index in [1.54, 1.807) is 20.0 Å². The van der Waals surface area contributed by atoms with Crippen LogP contribution in [0.3, 0.4) is 0 Å². The fourth-order valence-corrected chi connectivity index (χ4v) is 4.00. The minimum Gasteiger partial charge on any atom is -0.318 e. The third-order valence-electron chi connectivity index (χ3n) is 5.84. The summed E-state index contributed by atoms with van der Waals surface area (Å²) < 4.78 is 14.4. The highest BCUT2D eigenvalue weighted by Gasteiger charge is 2.43. The number of hydrogen-bond donors (Lipinski definition) is 1. The molecule has 1 N–H and O–H groups in total. The lowest BCUT2D eigenvalue weighted by atomic mass is 9.93. The zero-order valence-electron chi connectivity index (χ0n) is 16.1. The maximum atomic E-state index is 14.4. The highest BCUT2D eigenvalue weighted by atomic mass is 19.1. The van der Waals surface area contributed by atoms with Gasteiger partial charge in [-0.25, -0.2) is 4.39 Å². The first-order valence-corrected chi connectivity index (χ1v) is 9.64. The Morgan fingerprint density at radius 3 is 2.93 bits per heavy atom. The summed E-state index contributed by atoms with van der Waals surface area (Å²) in [5.74, 6) is 1.26. The molecule has 1 aromatic carbocycles. The Hall–Kier alpha value is -2.50. The summed E-state index contributed by atoms with van der Waals surface area (Å²) in [4.78, 5) is 17.3. The predicted molar refractivity (Wildman–Crippen MR) is 104 cm³/mol. The summed E-state index contributed by atoms with van der Waals surface area (Å²) in [5.41, 5.74) is 5.89. The van der Waals surface area contributed by atoms with E-state index < -0.39 is 0 Å². The topological polar surface area (TPSA) is 61.4 Å². The minimum atomic E-state index is -0.360. The van der Waals surface area contributed by atoms with Crippen LogP contribution in [0.1, 0.15) is 48.7 Å². The Bertz CT molecular complexity index is 917. The van der Waals surface area contributed by atoms with Crippen molar-refractivity contribution in [2.75, 3.05) is 11.9 Å². The number of aromatic nitrogens is 2. The molecule has 1 amide bonds. The molecule has 6 heteroatoms. The Kier molecular flexibility index (Phi) is 4.58. The number of aliphatic imine (C=N–C) groups is 1. The Morgan fingerprint density at radius 2 is 2.19 bits per heavy atom. The number of carbonyl (C=O) groups is 1. The number of benzene rings is 1. The summed E-state index contributed by atoms with van der Waals surface area (Å²) in [6.07, 6.45) is 5.84. The molecule has 142 valence electrons. The summed E-state index contributed by atoms with van der Waals surface area (Å²) in [7, 11) is 1.60. The summed E-state index contributed by atoms with van der Waals surface area (Å²) in [5, 5.41) is 7.79. The van der Waals surface area contributed by atoms with Crippen molar-refractivity contribution in [3.05, 3.63) is 40.5 Å². The number of nitrogens with zero attached hydrogens (tertiary/aromatic N) is 3. The lowest BCUT2D eigenvalue weighted by Gasteiger charge is -2.15. The second kappa shape index (κ2) is 6.91. The number of rotatable bonds is 6. The van der Waals surface area contributed by atoms with E-state index in [1.165, 1.54) is 28.6 Å². The fourth-order valence-electron chi connectivity index (χ4n) is 4.00. The summed E-state index contributed by atoms with van der Waals surface area (Å²) >= 11 is 0. The second-order valence-electron chi connectivity index (χ2n) is 7.79. The fraction of sp³-hybridized carbons (Fsp3) is 0.476. The molecule has 1 unspecified atom stereocenters. The summed E-state index contributed by atoms with van der Waals surface area (Å²) in [6.45, 7) is 3.83. The van der Waals surface area contributed by atoms with Crippen LogP contribution >= 0.6 is 0 Å². The van der Waals surface area contributed by atoms with Crippen LogP contribution in [0.25, 0.3) is 0 Å². The number of H-pyrrole nitrogens is 1. The lowest BCUT2D eigenvalue weighted by molar-refractivity contribution is -0.107. The number of aromatic amines is 1. The molecule has 1 saturated carbocycles. The normalized spacial score (nSPS) is 20.8. The Morgan fingerprint density at radius 1 is 1.41 bits per heavy atom. The van der Waals surface area contributed by atoms with Gasteiger partial charge in [-0.1, -0.05) is 13.3 Å². The quantitative estimate of drug-likeness (QED) is 0.616. The van der Waals surface area contributed by atoms with Crippen LogP contribution in [-0.4, -0.2) is 29.4 Å². The maximum absolute atomic E-state index is 14.4. The molecule has 0 aliphatic heterocycles. The third kappa shape index (κ3) is 3.29. The molecule has 0 radical (unpaired) electrons. The van der Waals surface area contributed by atoms with Gasteiger partial charge >= 0.3 is 0 Å². The second-order valence-corrected chi connectivity index (χ2v) is 7.79. The standard InChI is InChI=1S/C21H25FN4O/c1-4-5-18(21-16-7-13-6-14(13)8-20(16)24-25-21)23-19-10-15(26(3)11-27)9-17(22)12(19)2/h9-11,13-14H,4-8H2,1-3H3,(H,24,25)/t13-,14?/m0/s1. The molecule has 0 spiro atoms. The minimum absolute atomic E-state index is 0.360. The van der Waals surface area contributed by atoms with Crippen LogP contribution in [0.2, 0.25) is 0 Å². The lowest BCUT2D eigenvalue weighted by Crippen LogP contribution is -2.14. The van der Waals surface area contributed by atoms with Gasteiger partial charge < -0.3 is 4.90 Å². The van der Waals surface area contributed by atoms with E-state index in [4.69, 9.17) is 4.99 Å². The van der Waals surface area contributed by atoms with Crippen molar-refractivity contribution >= 4 is 23.5 Å². The van der Waals surface area contributed by atoms with Gasteiger partial charge in [-0.2, -0.15) is 5.10 Å². The van der Waals surface area contributed by atoms with Crippen LogP contribution in [0.15, 0.2) is 17.1 Å². The van der Waals surface area contributed by atoms with E-state index >= 15 is 0 Å². The molecule has 0 saturated heterocycles. The largest absolute Gasteiger partial charge is 0.318 e. The molecule has 1 fully saturated rings. The van der Waals surface area contributed by atoms with Crippen LogP contribution in [0.4, 0.5) is 15.8 Å². The van der Waals surface area contributed by atoms with E-state index in [0.29, 0.717) is 23.3 Å². The number of anilines is 1. The van der Waals surface area contributed by atoms with Gasteiger partial charge in [0, 0.05) is 29.6 Å². The van der Waals surface area contributed by atoms with Crippen molar-refractivity contribution in [1.29, 1.82) is 0 Å². The van der Waals surface area contributed by atoms with Gasteiger partial charge in [-0.3, -0.25) is 14.9 Å². The van der Waals surface area contributed by atoms with E-state index in [2.05, 4.69) is 17.1 Å². The first kappa shape index (κ1) is 17.9. The first-order chi connectivity index (χ1) is 13.0. The molecule has 5 nitrogen and oxygen atoms in total. The maximum Gasteiger partial charge on any atom is 0.213 e. The zero-order valence-corrected chi connectivity index (χ0v) is 16.1. The Balaban J connectivity index is 1.77. The number of fused-ring (bicyclic) bond motifs is 2. The van der Waals surface area contributed by atoms with Gasteiger partial charge in [-0.15, -0.1) is 0 Å². The highest BCUT2D eigenvalue weighted by molar-refractivity contribution is 6.02. The van der Waals surface area contributed by atoms with Crippen molar-refractivity contribution in [1.82, 2.24) is 10.2 Å². The molecule has 27 heavy (non-hydrogen) atoms. The average molecular weight is 368 g/mol. The van der Waals surface area contributed by atoms with Gasteiger partial charge in [0.05, 0.1) is 11.4 Å². The molecular formula is C21H25FN4O. The van der Waals surface area contributed by atoms with Crippen LogP contribution in [0, 0.1) is 24.6 Å². The molecule has 2 atom stereocenters. The van der Waals surface area contributed by atoms with Crippen molar-refractivity contribution in [3.63, 3.8) is 0 Å². The van der Waals surface area contributed by atoms with Crippen LogP contribution in [-0.2, 0) is 17.6 Å². The first-order valence-electron chi connectivity index (χ1n) is 9.64. The molecular weight excluding hydrogens is 343 g/mol. The molecule has 4 rings (SSSR count). The highest BCUT2D eigenvalue weighted by Crippen LogP contribution is 2.48. The van der Waals surface area contributed by atoms with Crippen molar-refractivity contribution in [2.45, 2.75) is 46.0 Å². The molecule has 1 heterocycles. The average Bonchev–Trinajstić information content (AvgIpc) is 3.31. The van der Waals surface area contributed by atoms with Gasteiger partial charge in [0.1, 0.15) is 11.5 Å². The van der Waals surface area contributed by atoms with E-state index in [-0.39, 0.29) is 5.82 Å². The van der Waals surface area contributed by atoms with Crippen molar-refractivity contribution in [2.24, 2.45) is 16.8 Å². The monoisotopic (exact) mass is 368 g/mol. The number of carbonyl (C=O) groups excluding carboxylic acids is 1. The van der Waals surface area contributed by atoms with E-state index in [0.717, 1.165) is 48.9 Å². The van der Waals surface area contributed by atoms with Gasteiger partial charge in [-0.05, 0) is 56.6 Å². The number of halogens is 1. The predicted octanol–water partition coefficient (Wildman–Crippen LogP) is 4.11. The van der Waals surface area contributed by atoms with Gasteiger partial charge in [0.15, 0.2) is 0 Å². The van der Waals surface area contributed by atoms with Crippen LogP contribution < -0.4 is 4.90 Å². The van der Waals surface area contributed by atoms with Crippen LogP contribution in [0.5, 0.6) is 0 Å². The van der Waals surface area contributed by atoms with Gasteiger partial charge in [0.2, 0.25) is 6.41 Å². The SMILES string of the molecule is CCCC(=Nc1cc(N(C)C=O)cc(F)c1C)c1n[nH]c2c1C[C@@H]1CC1C2.